The summed E-state index contributed by atoms with van der Waals surface area (Å²) < 4.78 is 13.5. The summed E-state index contributed by atoms with van der Waals surface area (Å²) in [6.45, 7) is 1.07. The Labute approximate surface area is 211 Å². The molecule has 4 aromatic rings. The molecule has 0 spiro atoms. The smallest absolute Gasteiger partial charge is 0.410 e. The molecule has 34 heavy (non-hydrogen) atoms. The Morgan fingerprint density at radius 2 is 1.76 bits per heavy atom. The molecule has 1 aliphatic heterocycles. The third-order valence-electron chi connectivity index (χ3n) is 6.13. The van der Waals surface area contributed by atoms with Gasteiger partial charge in [0.15, 0.2) is 0 Å². The molecule has 2 heterocycles. The second-order valence-electron chi connectivity index (χ2n) is 8.14. The Bertz CT molecular complexity index is 1380. The SMILES string of the molecule is COc1ccc(I)c(C(=O)n2c3c(c4ccccc42)CCN(C(=O)OCc2ccccc2)C3)c1. The van der Waals surface area contributed by atoms with E-state index in [0.29, 0.717) is 30.8 Å². The Morgan fingerprint density at radius 3 is 2.56 bits per heavy atom. The predicted molar refractivity (Wildman–Crippen MR) is 138 cm³/mol. The van der Waals surface area contributed by atoms with E-state index in [1.165, 1.54) is 0 Å². The zero-order valence-electron chi connectivity index (χ0n) is 18.7. The second-order valence-corrected chi connectivity index (χ2v) is 9.30. The van der Waals surface area contributed by atoms with E-state index in [4.69, 9.17) is 9.47 Å². The van der Waals surface area contributed by atoms with Crippen molar-refractivity contribution in [1.82, 2.24) is 9.47 Å². The number of fused-ring (bicyclic) bond motifs is 3. The number of methoxy groups -OCH3 is 1. The van der Waals surface area contributed by atoms with Gasteiger partial charge in [-0.25, -0.2) is 4.79 Å². The third kappa shape index (κ3) is 4.16. The topological polar surface area (TPSA) is 60.8 Å². The van der Waals surface area contributed by atoms with Gasteiger partial charge >= 0.3 is 6.09 Å². The van der Waals surface area contributed by atoms with Gasteiger partial charge in [0.05, 0.1) is 24.7 Å². The minimum absolute atomic E-state index is 0.139. The zero-order chi connectivity index (χ0) is 23.7. The van der Waals surface area contributed by atoms with Gasteiger partial charge in [0, 0.05) is 21.2 Å². The van der Waals surface area contributed by atoms with E-state index in [2.05, 4.69) is 22.6 Å². The highest BCUT2D eigenvalue weighted by molar-refractivity contribution is 14.1. The van der Waals surface area contributed by atoms with E-state index >= 15 is 0 Å². The summed E-state index contributed by atoms with van der Waals surface area (Å²) in [6.07, 6.45) is 0.279. The van der Waals surface area contributed by atoms with Crippen molar-refractivity contribution in [3.05, 3.63) is 98.8 Å². The summed E-state index contributed by atoms with van der Waals surface area (Å²) in [5.41, 5.74) is 4.27. The largest absolute Gasteiger partial charge is 0.497 e. The molecule has 0 atom stereocenters. The van der Waals surface area contributed by atoms with Crippen LogP contribution in [0.3, 0.4) is 0 Å². The molecule has 0 unspecified atom stereocenters. The number of rotatable bonds is 4. The maximum atomic E-state index is 13.8. The monoisotopic (exact) mass is 566 g/mol. The molecule has 1 amide bonds. The molecule has 7 heteroatoms. The normalized spacial score (nSPS) is 12.9. The van der Waals surface area contributed by atoms with Crippen LogP contribution in [0.1, 0.15) is 27.2 Å². The average molecular weight is 566 g/mol. The van der Waals surface area contributed by atoms with Gasteiger partial charge in [-0.15, -0.1) is 0 Å². The highest BCUT2D eigenvalue weighted by Crippen LogP contribution is 2.33. The quantitative estimate of drug-likeness (QED) is 0.300. The van der Waals surface area contributed by atoms with Crippen LogP contribution < -0.4 is 4.74 Å². The number of aromatic nitrogens is 1. The maximum Gasteiger partial charge on any atom is 0.410 e. The first-order valence-electron chi connectivity index (χ1n) is 11.0. The van der Waals surface area contributed by atoms with Crippen LogP contribution in [0.25, 0.3) is 10.9 Å². The molecule has 1 aliphatic rings. The minimum Gasteiger partial charge on any atom is -0.497 e. The number of para-hydroxylation sites is 1. The van der Waals surface area contributed by atoms with Crippen LogP contribution in [0.2, 0.25) is 0 Å². The van der Waals surface area contributed by atoms with Gasteiger partial charge in [0.2, 0.25) is 0 Å². The molecule has 3 aromatic carbocycles. The van der Waals surface area contributed by atoms with E-state index in [0.717, 1.165) is 31.3 Å². The molecule has 0 bridgehead atoms. The Morgan fingerprint density at radius 1 is 1.00 bits per heavy atom. The number of halogens is 1. The van der Waals surface area contributed by atoms with Crippen molar-refractivity contribution < 1.29 is 19.1 Å². The fourth-order valence-electron chi connectivity index (χ4n) is 4.43. The van der Waals surface area contributed by atoms with Crippen molar-refractivity contribution >= 4 is 45.5 Å². The van der Waals surface area contributed by atoms with Crippen LogP contribution in [0, 0.1) is 3.57 Å². The molecule has 0 fully saturated rings. The first kappa shape index (κ1) is 22.5. The summed E-state index contributed by atoms with van der Waals surface area (Å²) >= 11 is 2.17. The standard InChI is InChI=1S/C27H23IN2O4/c1-33-19-11-12-23(28)22(15-19)26(31)30-24-10-6-5-9-20(24)21-13-14-29(16-25(21)30)27(32)34-17-18-7-3-2-4-8-18/h2-12,15H,13-14,16-17H2,1H3. The van der Waals surface area contributed by atoms with Crippen LogP contribution in [-0.4, -0.2) is 35.1 Å². The number of hydrogen-bond donors (Lipinski definition) is 0. The lowest BCUT2D eigenvalue weighted by molar-refractivity contribution is 0.0878. The number of amides is 1. The van der Waals surface area contributed by atoms with Crippen molar-refractivity contribution in [2.24, 2.45) is 0 Å². The number of carbonyl (C=O) groups is 2. The van der Waals surface area contributed by atoms with Crippen LogP contribution >= 0.6 is 22.6 Å². The zero-order valence-corrected chi connectivity index (χ0v) is 20.8. The average Bonchev–Trinajstić information content (AvgIpc) is 3.21. The summed E-state index contributed by atoms with van der Waals surface area (Å²) in [4.78, 5) is 28.4. The van der Waals surface area contributed by atoms with Gasteiger partial charge < -0.3 is 14.4 Å². The van der Waals surface area contributed by atoms with Crippen molar-refractivity contribution in [2.75, 3.05) is 13.7 Å². The molecule has 0 aliphatic carbocycles. The molecule has 0 saturated carbocycles. The van der Waals surface area contributed by atoms with Crippen LogP contribution in [-0.2, 0) is 24.3 Å². The predicted octanol–water partition coefficient (Wildman–Crippen LogP) is 5.64. The third-order valence-corrected chi connectivity index (χ3v) is 7.07. The van der Waals surface area contributed by atoms with Crippen molar-refractivity contribution in [3.8, 4) is 5.75 Å². The fourth-order valence-corrected chi connectivity index (χ4v) is 4.99. The minimum atomic E-state index is -0.380. The van der Waals surface area contributed by atoms with E-state index < -0.39 is 0 Å². The number of benzene rings is 3. The van der Waals surface area contributed by atoms with Gasteiger partial charge in [-0.1, -0.05) is 48.5 Å². The number of ether oxygens (including phenoxy) is 2. The Balaban J connectivity index is 1.49. The van der Waals surface area contributed by atoms with Crippen LogP contribution in [0.15, 0.2) is 72.8 Å². The molecule has 0 N–H and O–H groups in total. The highest BCUT2D eigenvalue weighted by atomic mass is 127. The summed E-state index contributed by atoms with van der Waals surface area (Å²) in [5.74, 6) is 0.487. The lowest BCUT2D eigenvalue weighted by Gasteiger charge is -2.27. The van der Waals surface area contributed by atoms with Crippen molar-refractivity contribution in [2.45, 2.75) is 19.6 Å². The summed E-state index contributed by atoms with van der Waals surface area (Å²) in [7, 11) is 1.59. The van der Waals surface area contributed by atoms with Gasteiger partial charge in [0.25, 0.3) is 5.91 Å². The lowest BCUT2D eigenvalue weighted by Crippen LogP contribution is -2.37. The van der Waals surface area contributed by atoms with Crippen LogP contribution in [0.5, 0.6) is 5.75 Å². The Hall–Kier alpha value is -3.33. The molecule has 0 saturated heterocycles. The highest BCUT2D eigenvalue weighted by Gasteiger charge is 2.30. The molecule has 6 nitrogen and oxygen atoms in total. The molecule has 0 radical (unpaired) electrons. The Kier molecular flexibility index (Phi) is 6.28. The molecule has 172 valence electrons. The number of carbonyl (C=O) groups excluding carboxylic acids is 2. The van der Waals surface area contributed by atoms with Crippen LogP contribution in [0.4, 0.5) is 4.79 Å². The first-order valence-corrected chi connectivity index (χ1v) is 12.1. The van der Waals surface area contributed by atoms with Crippen molar-refractivity contribution in [1.29, 1.82) is 0 Å². The van der Waals surface area contributed by atoms with E-state index in [9.17, 15) is 9.59 Å². The molecule has 1 aromatic heterocycles. The summed E-state index contributed by atoms with van der Waals surface area (Å²) in [5, 5.41) is 1.04. The lowest BCUT2D eigenvalue weighted by atomic mass is 10.0. The van der Waals surface area contributed by atoms with Gasteiger partial charge in [-0.3, -0.25) is 9.36 Å². The molecular weight excluding hydrogens is 543 g/mol. The van der Waals surface area contributed by atoms with Gasteiger partial charge in [-0.05, 0) is 64.4 Å². The van der Waals surface area contributed by atoms with Gasteiger partial charge in [-0.2, -0.15) is 0 Å². The van der Waals surface area contributed by atoms with Crippen molar-refractivity contribution in [3.63, 3.8) is 0 Å². The van der Waals surface area contributed by atoms with E-state index in [1.54, 1.807) is 22.6 Å². The second kappa shape index (κ2) is 9.50. The van der Waals surface area contributed by atoms with Gasteiger partial charge in [0.1, 0.15) is 12.4 Å². The van der Waals surface area contributed by atoms with E-state index in [-0.39, 0.29) is 18.6 Å². The fraction of sp³-hybridized carbons (Fsp3) is 0.185. The first-order chi connectivity index (χ1) is 16.6. The maximum absolute atomic E-state index is 13.8. The molecular formula is C27H23IN2O4. The summed E-state index contributed by atoms with van der Waals surface area (Å²) in [6, 6.07) is 23.0. The molecule has 5 rings (SSSR count). The number of hydrogen-bond acceptors (Lipinski definition) is 4. The number of nitrogens with zero attached hydrogens (tertiary/aromatic N) is 2. The van der Waals surface area contributed by atoms with E-state index in [1.807, 2.05) is 66.7 Å².